The van der Waals surface area contributed by atoms with Crippen LogP contribution in [0, 0.1) is 0 Å². The lowest BCUT2D eigenvalue weighted by atomic mass is 10.1. The molecule has 0 rings (SSSR count). The second kappa shape index (κ2) is 54.9. The number of hydrogen-bond acceptors (Lipinski definition) is 6. The fourth-order valence-electron chi connectivity index (χ4n) is 7.44. The highest BCUT2D eigenvalue weighted by Gasteiger charge is 2.19. The van der Waals surface area contributed by atoms with Crippen LogP contribution >= 0.6 is 0 Å². The van der Waals surface area contributed by atoms with E-state index in [1.54, 1.807) is 0 Å². The van der Waals surface area contributed by atoms with Gasteiger partial charge in [-0.15, -0.1) is 0 Å². The van der Waals surface area contributed by atoms with Crippen LogP contribution in [0.3, 0.4) is 0 Å². The van der Waals surface area contributed by atoms with Crippen molar-refractivity contribution in [3.63, 3.8) is 0 Å². The molecule has 6 heteroatoms. The molecule has 0 aliphatic carbocycles. The van der Waals surface area contributed by atoms with Crippen LogP contribution in [0.2, 0.25) is 0 Å². The van der Waals surface area contributed by atoms with Crippen molar-refractivity contribution >= 4 is 17.9 Å². The van der Waals surface area contributed by atoms with Crippen LogP contribution < -0.4 is 0 Å². The van der Waals surface area contributed by atoms with Crippen LogP contribution in [0.15, 0.2) is 97.2 Å². The molecule has 1 atom stereocenters. The molecule has 6 nitrogen and oxygen atoms in total. The fraction of sp³-hybridized carbons (Fsp3) is 0.689. The molecule has 0 aromatic carbocycles. The van der Waals surface area contributed by atoms with Gasteiger partial charge in [-0.05, 0) is 116 Å². The zero-order valence-corrected chi connectivity index (χ0v) is 43.6. The van der Waals surface area contributed by atoms with E-state index in [0.29, 0.717) is 19.3 Å². The predicted molar refractivity (Wildman–Crippen MR) is 288 cm³/mol. The summed E-state index contributed by atoms with van der Waals surface area (Å²) in [5, 5.41) is 0. The summed E-state index contributed by atoms with van der Waals surface area (Å²) in [6.45, 7) is 6.37. The van der Waals surface area contributed by atoms with Crippen molar-refractivity contribution in [2.24, 2.45) is 0 Å². The molecule has 0 bridgehead atoms. The molecular weight excluding hydrogens is 829 g/mol. The van der Waals surface area contributed by atoms with Gasteiger partial charge >= 0.3 is 17.9 Å². The predicted octanol–water partition coefficient (Wildman–Crippen LogP) is 18.5. The maximum absolute atomic E-state index is 12.8. The summed E-state index contributed by atoms with van der Waals surface area (Å²) in [4.78, 5) is 38.1. The van der Waals surface area contributed by atoms with Crippen molar-refractivity contribution in [1.29, 1.82) is 0 Å². The largest absolute Gasteiger partial charge is 0.462 e. The molecule has 0 aromatic heterocycles. The molecule has 0 spiro atoms. The average Bonchev–Trinajstić information content (AvgIpc) is 3.33. The lowest BCUT2D eigenvalue weighted by Gasteiger charge is -2.18. The maximum atomic E-state index is 12.8. The van der Waals surface area contributed by atoms with Gasteiger partial charge in [-0.3, -0.25) is 14.4 Å². The van der Waals surface area contributed by atoms with E-state index in [1.807, 2.05) is 0 Å². The first-order chi connectivity index (χ1) is 33.0. The summed E-state index contributed by atoms with van der Waals surface area (Å²) in [6.07, 6.45) is 72.4. The molecular formula is C61H102O6. The fourth-order valence-corrected chi connectivity index (χ4v) is 7.44. The Kier molecular flexibility index (Phi) is 51.9. The number of esters is 3. The Labute approximate surface area is 413 Å². The second-order valence-electron chi connectivity index (χ2n) is 18.1. The molecule has 0 heterocycles. The van der Waals surface area contributed by atoms with Crippen LogP contribution in [0.5, 0.6) is 0 Å². The molecule has 382 valence electrons. The number of unbranched alkanes of at least 4 members (excludes halogenated alkanes) is 22. The third-order valence-corrected chi connectivity index (χ3v) is 11.6. The Hall–Kier alpha value is -3.67. The maximum Gasteiger partial charge on any atom is 0.306 e. The molecule has 67 heavy (non-hydrogen) atoms. The Morgan fingerprint density at radius 2 is 0.582 bits per heavy atom. The van der Waals surface area contributed by atoms with E-state index in [1.165, 1.54) is 77.0 Å². The second-order valence-corrected chi connectivity index (χ2v) is 18.1. The summed E-state index contributed by atoms with van der Waals surface area (Å²) < 4.78 is 16.8. The van der Waals surface area contributed by atoms with Gasteiger partial charge in [0.2, 0.25) is 0 Å². The molecule has 0 N–H and O–H groups in total. The first-order valence-electron chi connectivity index (χ1n) is 27.7. The Balaban J connectivity index is 4.45. The topological polar surface area (TPSA) is 78.9 Å². The van der Waals surface area contributed by atoms with Crippen LogP contribution in [0.25, 0.3) is 0 Å². The van der Waals surface area contributed by atoms with Gasteiger partial charge in [0.15, 0.2) is 6.10 Å². The van der Waals surface area contributed by atoms with E-state index in [4.69, 9.17) is 14.2 Å². The van der Waals surface area contributed by atoms with Crippen molar-refractivity contribution in [3.05, 3.63) is 97.2 Å². The highest BCUT2D eigenvalue weighted by Crippen LogP contribution is 2.14. The standard InChI is InChI=1S/C61H102O6/c1-4-7-10-13-16-19-22-25-28-30-33-36-39-42-45-48-51-54-60(63)66-57-58(56-65-59(62)53-50-47-44-41-38-35-32-27-24-21-18-15-12-9-6-3)67-61(64)55-52-49-46-43-40-37-34-31-29-26-23-20-17-14-11-8-5-2/h7-8,10-11,16-21,25-29,32,58H,4-6,9,12-15,22-24,30-31,33-57H2,1-3H3/b10-7-,11-8-,19-16-,20-17-,21-18-,28-25-,29-26-,32-27-. The van der Waals surface area contributed by atoms with Gasteiger partial charge in [0, 0.05) is 19.3 Å². The van der Waals surface area contributed by atoms with Gasteiger partial charge in [0.1, 0.15) is 13.2 Å². The van der Waals surface area contributed by atoms with Crippen LogP contribution in [-0.4, -0.2) is 37.2 Å². The summed E-state index contributed by atoms with van der Waals surface area (Å²) in [7, 11) is 0. The number of carbonyl (C=O) groups is 3. The van der Waals surface area contributed by atoms with Gasteiger partial charge in [-0.1, -0.05) is 214 Å². The van der Waals surface area contributed by atoms with E-state index in [-0.39, 0.29) is 31.1 Å². The molecule has 0 fully saturated rings. The van der Waals surface area contributed by atoms with Crippen molar-refractivity contribution in [3.8, 4) is 0 Å². The van der Waals surface area contributed by atoms with E-state index in [2.05, 4.69) is 118 Å². The highest BCUT2D eigenvalue weighted by atomic mass is 16.6. The molecule has 0 amide bonds. The van der Waals surface area contributed by atoms with E-state index < -0.39 is 6.10 Å². The first kappa shape index (κ1) is 63.3. The minimum Gasteiger partial charge on any atom is -0.462 e. The molecule has 0 aliphatic rings. The van der Waals surface area contributed by atoms with Crippen molar-refractivity contribution in [2.45, 2.75) is 258 Å². The minimum atomic E-state index is -0.794. The summed E-state index contributed by atoms with van der Waals surface area (Å²) >= 11 is 0. The monoisotopic (exact) mass is 931 g/mol. The highest BCUT2D eigenvalue weighted by molar-refractivity contribution is 5.71. The normalized spacial score (nSPS) is 12.8. The SMILES string of the molecule is CC/C=C\C/C=C\C/C=C\CCCCCCCCCC(=O)OCC(COC(=O)CCCCCCC/C=C\C/C=C\CCCCC)OC(=O)CCCCCCCCC/C=C\C/C=C\C/C=C\CC. The number of rotatable bonds is 49. The quantitative estimate of drug-likeness (QED) is 0.0262. The Morgan fingerprint density at radius 3 is 0.910 bits per heavy atom. The smallest absolute Gasteiger partial charge is 0.306 e. The lowest BCUT2D eigenvalue weighted by molar-refractivity contribution is -0.167. The molecule has 1 unspecified atom stereocenters. The molecule has 0 radical (unpaired) electrons. The van der Waals surface area contributed by atoms with Gasteiger partial charge < -0.3 is 14.2 Å². The number of ether oxygens (including phenoxy) is 3. The third-order valence-electron chi connectivity index (χ3n) is 11.6. The van der Waals surface area contributed by atoms with E-state index >= 15 is 0 Å². The number of carbonyl (C=O) groups excluding carboxylic acids is 3. The summed E-state index contributed by atoms with van der Waals surface area (Å²) in [6, 6.07) is 0. The third kappa shape index (κ3) is 53.2. The van der Waals surface area contributed by atoms with Gasteiger partial charge in [0.05, 0.1) is 0 Å². The van der Waals surface area contributed by atoms with Crippen LogP contribution in [0.1, 0.15) is 252 Å². The Morgan fingerprint density at radius 1 is 0.313 bits per heavy atom. The van der Waals surface area contributed by atoms with Crippen LogP contribution in [-0.2, 0) is 28.6 Å². The van der Waals surface area contributed by atoms with E-state index in [9.17, 15) is 14.4 Å². The summed E-state index contributed by atoms with van der Waals surface area (Å²) in [5.41, 5.74) is 0. The molecule has 0 aromatic rings. The van der Waals surface area contributed by atoms with Gasteiger partial charge in [-0.2, -0.15) is 0 Å². The zero-order valence-electron chi connectivity index (χ0n) is 43.6. The van der Waals surface area contributed by atoms with Gasteiger partial charge in [-0.25, -0.2) is 0 Å². The molecule has 0 aliphatic heterocycles. The first-order valence-corrected chi connectivity index (χ1v) is 27.7. The van der Waals surface area contributed by atoms with E-state index in [0.717, 1.165) is 135 Å². The molecule has 0 saturated heterocycles. The molecule has 0 saturated carbocycles. The summed E-state index contributed by atoms with van der Waals surface area (Å²) in [5.74, 6) is -0.924. The zero-order chi connectivity index (χ0) is 48.6. The minimum absolute atomic E-state index is 0.0921. The number of hydrogen-bond donors (Lipinski definition) is 0. The average molecular weight is 931 g/mol. The van der Waals surface area contributed by atoms with Crippen molar-refractivity contribution in [1.82, 2.24) is 0 Å². The number of allylic oxidation sites excluding steroid dienone is 16. The van der Waals surface area contributed by atoms with Gasteiger partial charge in [0.25, 0.3) is 0 Å². The Bertz CT molecular complexity index is 1350. The van der Waals surface area contributed by atoms with Crippen molar-refractivity contribution < 1.29 is 28.6 Å². The lowest BCUT2D eigenvalue weighted by Crippen LogP contribution is -2.30. The van der Waals surface area contributed by atoms with Crippen LogP contribution in [0.4, 0.5) is 0 Å². The van der Waals surface area contributed by atoms with Crippen molar-refractivity contribution in [2.75, 3.05) is 13.2 Å².